The Balaban J connectivity index is 1.77. The fraction of sp³-hybridized carbons (Fsp3) is 0.100. The van der Waals surface area contributed by atoms with E-state index in [2.05, 4.69) is 62.4 Å². The van der Waals surface area contributed by atoms with Crippen LogP contribution in [-0.2, 0) is 0 Å². The molecule has 1 heteroatoms. The summed E-state index contributed by atoms with van der Waals surface area (Å²) in [6.07, 6.45) is 0. The quantitative estimate of drug-likeness (QED) is 0.589. The molecule has 3 aromatic carbocycles. The summed E-state index contributed by atoms with van der Waals surface area (Å²) >= 11 is 0. The van der Waals surface area contributed by atoms with Gasteiger partial charge in [0, 0.05) is 0 Å². The molecule has 0 radical (unpaired) electrons. The van der Waals surface area contributed by atoms with Gasteiger partial charge in [-0.25, -0.2) is 0 Å². The van der Waals surface area contributed by atoms with Crippen LogP contribution in [0.2, 0.25) is 0 Å². The normalized spacial score (nSPS) is 10.4. The summed E-state index contributed by atoms with van der Waals surface area (Å²) in [4.78, 5) is 0. The molecule has 0 bridgehead atoms. The number of hydrogen-bond acceptors (Lipinski definition) is 1. The minimum Gasteiger partial charge on any atom is -0.457 e. The summed E-state index contributed by atoms with van der Waals surface area (Å²) in [5.74, 6) is 1.72. The van der Waals surface area contributed by atoms with E-state index < -0.39 is 0 Å². The fourth-order valence-electron chi connectivity index (χ4n) is 2.20. The second-order valence-electron chi connectivity index (χ2n) is 5.31. The van der Waals surface area contributed by atoms with Gasteiger partial charge in [0.25, 0.3) is 0 Å². The minimum absolute atomic E-state index is 0.856. The van der Waals surface area contributed by atoms with Crippen molar-refractivity contribution in [2.24, 2.45) is 0 Å². The van der Waals surface area contributed by atoms with E-state index >= 15 is 0 Å². The molecule has 0 fully saturated rings. The third-order valence-corrected chi connectivity index (χ3v) is 3.50. The SMILES string of the molecule is Cc1ccc(Oc2ccc(-c3ccc(C)cc3)cc2)cc1. The van der Waals surface area contributed by atoms with Crippen molar-refractivity contribution in [1.82, 2.24) is 0 Å². The van der Waals surface area contributed by atoms with E-state index in [0.717, 1.165) is 11.5 Å². The average Bonchev–Trinajstić information content (AvgIpc) is 2.51. The second-order valence-corrected chi connectivity index (χ2v) is 5.31. The molecule has 0 aliphatic carbocycles. The lowest BCUT2D eigenvalue weighted by Gasteiger charge is -2.07. The summed E-state index contributed by atoms with van der Waals surface area (Å²) < 4.78 is 5.84. The van der Waals surface area contributed by atoms with Crippen LogP contribution in [0.5, 0.6) is 11.5 Å². The molecule has 21 heavy (non-hydrogen) atoms. The van der Waals surface area contributed by atoms with Crippen LogP contribution in [0.1, 0.15) is 11.1 Å². The lowest BCUT2D eigenvalue weighted by molar-refractivity contribution is 0.482. The zero-order chi connectivity index (χ0) is 14.7. The molecule has 0 saturated carbocycles. The van der Waals surface area contributed by atoms with Crippen molar-refractivity contribution in [2.75, 3.05) is 0 Å². The van der Waals surface area contributed by atoms with E-state index in [9.17, 15) is 0 Å². The average molecular weight is 274 g/mol. The first kappa shape index (κ1) is 13.4. The van der Waals surface area contributed by atoms with Crippen LogP contribution in [0.3, 0.4) is 0 Å². The van der Waals surface area contributed by atoms with Gasteiger partial charge in [-0.3, -0.25) is 0 Å². The molecule has 1 nitrogen and oxygen atoms in total. The van der Waals surface area contributed by atoms with E-state index in [1.807, 2.05) is 24.3 Å². The molecule has 3 aromatic rings. The molecule has 0 aliphatic heterocycles. The maximum absolute atomic E-state index is 5.84. The predicted octanol–water partition coefficient (Wildman–Crippen LogP) is 5.76. The van der Waals surface area contributed by atoms with Crippen molar-refractivity contribution in [3.05, 3.63) is 83.9 Å². The van der Waals surface area contributed by atoms with E-state index in [4.69, 9.17) is 4.74 Å². The summed E-state index contributed by atoms with van der Waals surface area (Å²) in [6, 6.07) is 24.8. The summed E-state index contributed by atoms with van der Waals surface area (Å²) in [6.45, 7) is 4.17. The van der Waals surface area contributed by atoms with Crippen LogP contribution in [-0.4, -0.2) is 0 Å². The first-order valence-corrected chi connectivity index (χ1v) is 7.12. The van der Waals surface area contributed by atoms with Crippen molar-refractivity contribution < 1.29 is 4.74 Å². The fourth-order valence-corrected chi connectivity index (χ4v) is 2.20. The van der Waals surface area contributed by atoms with Crippen LogP contribution in [0.15, 0.2) is 72.8 Å². The summed E-state index contributed by atoms with van der Waals surface area (Å²) in [7, 11) is 0. The summed E-state index contributed by atoms with van der Waals surface area (Å²) in [5.41, 5.74) is 4.93. The third kappa shape index (κ3) is 3.32. The van der Waals surface area contributed by atoms with Crippen molar-refractivity contribution in [3.63, 3.8) is 0 Å². The molecule has 0 saturated heterocycles. The Morgan fingerprint density at radius 2 is 0.810 bits per heavy atom. The van der Waals surface area contributed by atoms with Gasteiger partial charge in [-0.15, -0.1) is 0 Å². The highest BCUT2D eigenvalue weighted by Crippen LogP contribution is 2.26. The smallest absolute Gasteiger partial charge is 0.127 e. The Morgan fingerprint density at radius 1 is 0.476 bits per heavy atom. The Bertz CT molecular complexity index is 707. The molecule has 0 N–H and O–H groups in total. The molecular formula is C20H18O. The van der Waals surface area contributed by atoms with Gasteiger partial charge in [-0.1, -0.05) is 59.7 Å². The zero-order valence-corrected chi connectivity index (χ0v) is 12.3. The van der Waals surface area contributed by atoms with Crippen molar-refractivity contribution in [3.8, 4) is 22.6 Å². The Labute approximate surface area is 125 Å². The zero-order valence-electron chi connectivity index (χ0n) is 12.3. The Hall–Kier alpha value is -2.54. The number of hydrogen-bond donors (Lipinski definition) is 0. The third-order valence-electron chi connectivity index (χ3n) is 3.50. The minimum atomic E-state index is 0.856. The van der Waals surface area contributed by atoms with Crippen LogP contribution >= 0.6 is 0 Å². The van der Waals surface area contributed by atoms with Crippen molar-refractivity contribution in [2.45, 2.75) is 13.8 Å². The van der Waals surface area contributed by atoms with Gasteiger partial charge in [-0.05, 0) is 49.2 Å². The van der Waals surface area contributed by atoms with Gasteiger partial charge >= 0.3 is 0 Å². The van der Waals surface area contributed by atoms with Gasteiger partial charge in [0.2, 0.25) is 0 Å². The molecule has 0 aromatic heterocycles. The predicted molar refractivity (Wildman–Crippen MR) is 87.9 cm³/mol. The van der Waals surface area contributed by atoms with Crippen LogP contribution in [0.25, 0.3) is 11.1 Å². The highest BCUT2D eigenvalue weighted by molar-refractivity contribution is 5.64. The van der Waals surface area contributed by atoms with Crippen LogP contribution in [0, 0.1) is 13.8 Å². The van der Waals surface area contributed by atoms with Crippen molar-refractivity contribution >= 4 is 0 Å². The first-order chi connectivity index (χ1) is 10.2. The van der Waals surface area contributed by atoms with Crippen LogP contribution < -0.4 is 4.74 Å². The molecule has 3 rings (SSSR count). The molecule has 0 heterocycles. The maximum atomic E-state index is 5.84. The van der Waals surface area contributed by atoms with E-state index in [1.54, 1.807) is 0 Å². The molecule has 0 amide bonds. The molecule has 0 unspecified atom stereocenters. The molecule has 0 atom stereocenters. The Kier molecular flexibility index (Phi) is 3.74. The first-order valence-electron chi connectivity index (χ1n) is 7.12. The molecular weight excluding hydrogens is 256 g/mol. The topological polar surface area (TPSA) is 9.23 Å². The van der Waals surface area contributed by atoms with Gasteiger partial charge in [0.1, 0.15) is 11.5 Å². The van der Waals surface area contributed by atoms with Crippen molar-refractivity contribution in [1.29, 1.82) is 0 Å². The maximum Gasteiger partial charge on any atom is 0.127 e. The molecule has 0 spiro atoms. The van der Waals surface area contributed by atoms with E-state index in [0.29, 0.717) is 0 Å². The van der Waals surface area contributed by atoms with Gasteiger partial charge in [0.05, 0.1) is 0 Å². The summed E-state index contributed by atoms with van der Waals surface area (Å²) in [5, 5.41) is 0. The highest BCUT2D eigenvalue weighted by Gasteiger charge is 2.00. The number of rotatable bonds is 3. The standard InChI is InChI=1S/C20H18O/c1-15-3-7-17(8-4-15)18-9-13-20(14-10-18)21-19-11-5-16(2)6-12-19/h3-14H,1-2H3. The number of aryl methyl sites for hydroxylation is 2. The lowest BCUT2D eigenvalue weighted by atomic mass is 10.0. The second kappa shape index (κ2) is 5.84. The highest BCUT2D eigenvalue weighted by atomic mass is 16.5. The molecule has 104 valence electrons. The number of benzene rings is 3. The van der Waals surface area contributed by atoms with E-state index in [1.165, 1.54) is 22.3 Å². The largest absolute Gasteiger partial charge is 0.457 e. The molecule has 0 aliphatic rings. The van der Waals surface area contributed by atoms with Gasteiger partial charge in [0.15, 0.2) is 0 Å². The van der Waals surface area contributed by atoms with Gasteiger partial charge < -0.3 is 4.74 Å². The van der Waals surface area contributed by atoms with Gasteiger partial charge in [-0.2, -0.15) is 0 Å². The lowest BCUT2D eigenvalue weighted by Crippen LogP contribution is -1.85. The monoisotopic (exact) mass is 274 g/mol. The number of ether oxygens (including phenoxy) is 1. The van der Waals surface area contributed by atoms with E-state index in [-0.39, 0.29) is 0 Å². The van der Waals surface area contributed by atoms with Crippen LogP contribution in [0.4, 0.5) is 0 Å². The Morgan fingerprint density at radius 3 is 1.29 bits per heavy atom.